The van der Waals surface area contributed by atoms with Crippen molar-refractivity contribution in [2.75, 3.05) is 39.7 Å². The van der Waals surface area contributed by atoms with Crippen molar-refractivity contribution in [2.45, 2.75) is 12.5 Å². The molecule has 1 atom stereocenters. The van der Waals surface area contributed by atoms with Gasteiger partial charge in [0.15, 0.2) is 11.5 Å². The number of hydrogen-bond acceptors (Lipinski definition) is 6. The average Bonchev–Trinajstić information content (AvgIpc) is 3.17. The number of ether oxygens (including phenoxy) is 4. The molecule has 2 aromatic rings. The highest BCUT2D eigenvalue weighted by Gasteiger charge is 2.28. The second-order valence-electron chi connectivity index (χ2n) is 6.11. The third-order valence-electron chi connectivity index (χ3n) is 4.35. The van der Waals surface area contributed by atoms with Crippen LogP contribution >= 0.6 is 15.9 Å². The van der Waals surface area contributed by atoms with Gasteiger partial charge in [-0.25, -0.2) is 9.78 Å². The molecule has 1 N–H and O–H groups in total. The van der Waals surface area contributed by atoms with Gasteiger partial charge in [-0.3, -0.25) is 0 Å². The minimum atomic E-state index is -0.222. The summed E-state index contributed by atoms with van der Waals surface area (Å²) in [6, 6.07) is 6.85. The van der Waals surface area contributed by atoms with E-state index < -0.39 is 0 Å². The maximum atomic E-state index is 12.7. The second-order valence-corrected chi connectivity index (χ2v) is 6.96. The van der Waals surface area contributed by atoms with Crippen LogP contribution in [0.15, 0.2) is 34.9 Å². The lowest BCUT2D eigenvalue weighted by Gasteiger charge is -2.19. The Hall–Kier alpha value is -2.68. The van der Waals surface area contributed by atoms with Gasteiger partial charge in [-0.05, 0) is 28.1 Å². The first-order valence-electron chi connectivity index (χ1n) is 8.68. The normalized spacial score (nSPS) is 15.9. The van der Waals surface area contributed by atoms with Crippen LogP contribution in [0.25, 0.3) is 0 Å². The summed E-state index contributed by atoms with van der Waals surface area (Å²) in [5.74, 6) is 1.94. The van der Waals surface area contributed by atoms with Crippen molar-refractivity contribution in [2.24, 2.45) is 0 Å². The van der Waals surface area contributed by atoms with Gasteiger partial charge >= 0.3 is 6.03 Å². The largest absolute Gasteiger partial charge is 0.493 e. The molecule has 1 aliphatic heterocycles. The van der Waals surface area contributed by atoms with Gasteiger partial charge in [0.1, 0.15) is 6.10 Å². The fourth-order valence-electron chi connectivity index (χ4n) is 2.98. The SMILES string of the molecule is COc1cc(NC(=O)N2CCC(Oc3ncccc3Br)C2)cc(OC)c1OC. The summed E-state index contributed by atoms with van der Waals surface area (Å²) in [5, 5.41) is 2.87. The summed E-state index contributed by atoms with van der Waals surface area (Å²) >= 11 is 3.42. The highest BCUT2D eigenvalue weighted by Crippen LogP contribution is 2.40. The average molecular weight is 452 g/mol. The number of urea groups is 1. The van der Waals surface area contributed by atoms with E-state index in [1.165, 1.54) is 21.3 Å². The van der Waals surface area contributed by atoms with E-state index in [-0.39, 0.29) is 12.1 Å². The Bertz CT molecular complexity index is 823. The van der Waals surface area contributed by atoms with Crippen LogP contribution in [0.2, 0.25) is 0 Å². The van der Waals surface area contributed by atoms with Gasteiger partial charge in [0.05, 0.1) is 38.0 Å². The van der Waals surface area contributed by atoms with E-state index in [1.54, 1.807) is 23.2 Å². The maximum absolute atomic E-state index is 12.7. The number of carbonyl (C=O) groups excluding carboxylic acids is 1. The van der Waals surface area contributed by atoms with Crippen molar-refractivity contribution in [1.82, 2.24) is 9.88 Å². The van der Waals surface area contributed by atoms with E-state index in [4.69, 9.17) is 18.9 Å². The fourth-order valence-corrected chi connectivity index (χ4v) is 3.33. The smallest absolute Gasteiger partial charge is 0.321 e. The highest BCUT2D eigenvalue weighted by molar-refractivity contribution is 9.10. The van der Waals surface area contributed by atoms with E-state index in [1.807, 2.05) is 12.1 Å². The number of nitrogens with zero attached hydrogens (tertiary/aromatic N) is 2. The Morgan fingerprint density at radius 2 is 1.93 bits per heavy atom. The van der Waals surface area contributed by atoms with Crippen LogP contribution in [0.3, 0.4) is 0 Å². The minimum absolute atomic E-state index is 0.114. The zero-order chi connectivity index (χ0) is 20.1. The van der Waals surface area contributed by atoms with Gasteiger partial charge in [0.2, 0.25) is 11.6 Å². The Morgan fingerprint density at radius 3 is 2.54 bits per heavy atom. The molecule has 1 fully saturated rings. The number of rotatable bonds is 6. The Balaban J connectivity index is 1.65. The van der Waals surface area contributed by atoms with Gasteiger partial charge in [-0.15, -0.1) is 0 Å². The lowest BCUT2D eigenvalue weighted by molar-refractivity contribution is 0.189. The van der Waals surface area contributed by atoms with Crippen molar-refractivity contribution in [3.05, 3.63) is 34.9 Å². The van der Waals surface area contributed by atoms with Gasteiger partial charge in [0, 0.05) is 31.3 Å². The first-order chi connectivity index (χ1) is 13.5. The second kappa shape index (κ2) is 9.01. The van der Waals surface area contributed by atoms with Crippen LogP contribution in [-0.4, -0.2) is 56.4 Å². The summed E-state index contributed by atoms with van der Waals surface area (Å²) in [4.78, 5) is 18.6. The number of benzene rings is 1. The molecule has 1 aromatic carbocycles. The molecule has 1 aliphatic rings. The molecular weight excluding hydrogens is 430 g/mol. The van der Waals surface area contributed by atoms with E-state index in [0.717, 1.165) is 10.9 Å². The number of likely N-dealkylation sites (tertiary alicyclic amines) is 1. The van der Waals surface area contributed by atoms with Crippen LogP contribution in [0.1, 0.15) is 6.42 Å². The number of amides is 2. The quantitative estimate of drug-likeness (QED) is 0.722. The highest BCUT2D eigenvalue weighted by atomic mass is 79.9. The van der Waals surface area contributed by atoms with Crippen LogP contribution < -0.4 is 24.3 Å². The summed E-state index contributed by atoms with van der Waals surface area (Å²) in [5.41, 5.74) is 0.552. The van der Waals surface area contributed by atoms with Gasteiger partial charge in [0.25, 0.3) is 0 Å². The molecule has 0 bridgehead atoms. The predicted molar refractivity (Wildman–Crippen MR) is 108 cm³/mol. The lowest BCUT2D eigenvalue weighted by Crippen LogP contribution is -2.34. The van der Waals surface area contributed by atoms with E-state index >= 15 is 0 Å². The molecule has 3 rings (SSSR count). The van der Waals surface area contributed by atoms with E-state index in [2.05, 4.69) is 26.2 Å². The van der Waals surface area contributed by atoms with Crippen LogP contribution in [-0.2, 0) is 0 Å². The third kappa shape index (κ3) is 4.41. The third-order valence-corrected chi connectivity index (χ3v) is 4.95. The van der Waals surface area contributed by atoms with E-state index in [0.29, 0.717) is 41.9 Å². The van der Waals surface area contributed by atoms with Gasteiger partial charge in [-0.1, -0.05) is 0 Å². The first-order valence-corrected chi connectivity index (χ1v) is 9.48. The lowest BCUT2D eigenvalue weighted by atomic mass is 10.2. The monoisotopic (exact) mass is 451 g/mol. The number of methoxy groups -OCH3 is 3. The Morgan fingerprint density at radius 1 is 1.21 bits per heavy atom. The molecular formula is C19H22BrN3O5. The first kappa shape index (κ1) is 20.1. The van der Waals surface area contributed by atoms with Crippen molar-refractivity contribution in [3.63, 3.8) is 0 Å². The molecule has 2 amide bonds. The number of anilines is 1. The van der Waals surface area contributed by atoms with Gasteiger partial charge in [-0.2, -0.15) is 0 Å². The predicted octanol–water partition coefficient (Wildman–Crippen LogP) is 3.56. The molecule has 150 valence electrons. The van der Waals surface area contributed by atoms with Gasteiger partial charge < -0.3 is 29.2 Å². The zero-order valence-electron chi connectivity index (χ0n) is 15.9. The number of nitrogens with one attached hydrogen (secondary N) is 1. The number of hydrogen-bond donors (Lipinski definition) is 1. The maximum Gasteiger partial charge on any atom is 0.321 e. The molecule has 8 nitrogen and oxygen atoms in total. The summed E-state index contributed by atoms with van der Waals surface area (Å²) in [6.45, 7) is 1.06. The van der Waals surface area contributed by atoms with Crippen molar-refractivity contribution < 1.29 is 23.7 Å². The Kier molecular flexibility index (Phi) is 6.45. The van der Waals surface area contributed by atoms with Crippen molar-refractivity contribution in [1.29, 1.82) is 0 Å². The summed E-state index contributed by atoms with van der Waals surface area (Å²) in [6.07, 6.45) is 2.28. The molecule has 28 heavy (non-hydrogen) atoms. The molecule has 2 heterocycles. The molecule has 9 heteroatoms. The molecule has 1 saturated heterocycles. The summed E-state index contributed by atoms with van der Waals surface area (Å²) < 4.78 is 22.6. The number of pyridine rings is 1. The molecule has 1 unspecified atom stereocenters. The molecule has 0 radical (unpaired) electrons. The number of aromatic nitrogens is 1. The number of halogens is 1. The van der Waals surface area contributed by atoms with Crippen LogP contribution in [0.5, 0.6) is 23.1 Å². The molecule has 1 aromatic heterocycles. The molecule has 0 saturated carbocycles. The zero-order valence-corrected chi connectivity index (χ0v) is 17.5. The molecule has 0 aliphatic carbocycles. The fraction of sp³-hybridized carbons (Fsp3) is 0.368. The van der Waals surface area contributed by atoms with Crippen LogP contribution in [0, 0.1) is 0 Å². The Labute approximate surface area is 171 Å². The van der Waals surface area contributed by atoms with Crippen molar-refractivity contribution >= 4 is 27.6 Å². The van der Waals surface area contributed by atoms with E-state index in [9.17, 15) is 4.79 Å². The summed E-state index contributed by atoms with van der Waals surface area (Å²) in [7, 11) is 4.59. The topological polar surface area (TPSA) is 82.2 Å². The van der Waals surface area contributed by atoms with Crippen molar-refractivity contribution in [3.8, 4) is 23.1 Å². The standard InChI is InChI=1S/C19H22BrN3O5/c1-25-15-9-12(10-16(26-2)17(15)27-3)22-19(24)23-8-6-13(11-23)28-18-14(20)5-4-7-21-18/h4-5,7,9-10,13H,6,8,11H2,1-3H3,(H,22,24). The number of carbonyl (C=O) groups is 1. The molecule has 0 spiro atoms. The minimum Gasteiger partial charge on any atom is -0.493 e. The van der Waals surface area contributed by atoms with Crippen LogP contribution in [0.4, 0.5) is 10.5 Å².